The molecule has 0 aliphatic heterocycles. The van der Waals surface area contributed by atoms with E-state index in [-0.39, 0.29) is 0 Å². The normalized spacial score (nSPS) is 11.3. The SMILES string of the molecule is N#Cc1cc(C#N)cc(-n2c3cccnc3c3cccc(-n4c5ccccc5c5ccccc54)c32)c1. The van der Waals surface area contributed by atoms with Crippen LogP contribution in [-0.4, -0.2) is 14.1 Å². The number of hydrogen-bond donors (Lipinski definition) is 0. The zero-order valence-electron chi connectivity index (χ0n) is 19.1. The van der Waals surface area contributed by atoms with Crippen LogP contribution in [0.2, 0.25) is 0 Å². The number of aromatic nitrogens is 3. The van der Waals surface area contributed by atoms with Gasteiger partial charge in [-0.15, -0.1) is 0 Å². The Morgan fingerprint density at radius 3 is 1.86 bits per heavy atom. The molecular weight excluding hydrogens is 442 g/mol. The van der Waals surface area contributed by atoms with E-state index < -0.39 is 0 Å². The molecule has 0 saturated heterocycles. The van der Waals surface area contributed by atoms with Gasteiger partial charge in [-0.3, -0.25) is 4.98 Å². The third-order valence-corrected chi connectivity index (χ3v) is 6.78. The number of nitrogens with zero attached hydrogens (tertiary/aromatic N) is 5. The summed E-state index contributed by atoms with van der Waals surface area (Å²) in [7, 11) is 0. The fraction of sp³-hybridized carbons (Fsp3) is 0. The molecule has 36 heavy (non-hydrogen) atoms. The average Bonchev–Trinajstić information content (AvgIpc) is 3.46. The van der Waals surface area contributed by atoms with E-state index in [1.807, 2.05) is 24.3 Å². The number of fused-ring (bicyclic) bond motifs is 6. The maximum Gasteiger partial charge on any atom is 0.0992 e. The van der Waals surface area contributed by atoms with Crippen molar-refractivity contribution in [3.8, 4) is 23.5 Å². The van der Waals surface area contributed by atoms with Crippen LogP contribution in [0, 0.1) is 22.7 Å². The molecule has 0 fully saturated rings. The summed E-state index contributed by atoms with van der Waals surface area (Å²) in [5.41, 5.74) is 7.62. The van der Waals surface area contributed by atoms with Gasteiger partial charge in [0.15, 0.2) is 0 Å². The molecule has 0 atom stereocenters. The molecule has 0 radical (unpaired) electrons. The van der Waals surface area contributed by atoms with E-state index >= 15 is 0 Å². The Bertz CT molecular complexity index is 1990. The van der Waals surface area contributed by atoms with E-state index in [1.54, 1.807) is 12.3 Å². The molecular formula is C31H17N5. The number of benzene rings is 4. The predicted octanol–water partition coefficient (Wildman–Crippen LogP) is 7.02. The number of hydrogen-bond acceptors (Lipinski definition) is 3. The Morgan fingerprint density at radius 2 is 1.19 bits per heavy atom. The van der Waals surface area contributed by atoms with Crippen LogP contribution in [0.4, 0.5) is 0 Å². The van der Waals surface area contributed by atoms with Crippen molar-refractivity contribution in [1.82, 2.24) is 14.1 Å². The molecule has 7 rings (SSSR count). The van der Waals surface area contributed by atoms with E-state index in [9.17, 15) is 10.5 Å². The molecule has 0 spiro atoms. The molecule has 0 N–H and O–H groups in total. The number of pyridine rings is 1. The summed E-state index contributed by atoms with van der Waals surface area (Å²) in [5.74, 6) is 0. The number of rotatable bonds is 2. The lowest BCUT2D eigenvalue weighted by Gasteiger charge is -2.14. The number of nitriles is 2. The monoisotopic (exact) mass is 459 g/mol. The van der Waals surface area contributed by atoms with Gasteiger partial charge in [-0.05, 0) is 48.5 Å². The molecule has 7 aromatic rings. The van der Waals surface area contributed by atoms with Crippen LogP contribution in [0.5, 0.6) is 0 Å². The van der Waals surface area contributed by atoms with E-state index in [0.717, 1.165) is 44.3 Å². The van der Waals surface area contributed by atoms with Crippen LogP contribution in [0.25, 0.3) is 55.1 Å². The summed E-state index contributed by atoms with van der Waals surface area (Å²) in [6, 6.07) is 36.7. The van der Waals surface area contributed by atoms with Crippen molar-refractivity contribution in [2.45, 2.75) is 0 Å². The quantitative estimate of drug-likeness (QED) is 0.279. The topological polar surface area (TPSA) is 70.3 Å². The number of para-hydroxylation sites is 3. The van der Waals surface area contributed by atoms with Crippen LogP contribution in [0.3, 0.4) is 0 Å². The Balaban J connectivity index is 1.71. The zero-order valence-corrected chi connectivity index (χ0v) is 19.1. The third-order valence-electron chi connectivity index (χ3n) is 6.78. The van der Waals surface area contributed by atoms with Crippen molar-refractivity contribution < 1.29 is 0 Å². The van der Waals surface area contributed by atoms with Crippen LogP contribution in [-0.2, 0) is 0 Å². The van der Waals surface area contributed by atoms with Gasteiger partial charge in [0.25, 0.3) is 0 Å². The van der Waals surface area contributed by atoms with Gasteiger partial charge in [0.05, 0.1) is 56.5 Å². The fourth-order valence-corrected chi connectivity index (χ4v) is 5.36. The van der Waals surface area contributed by atoms with Crippen molar-refractivity contribution >= 4 is 43.7 Å². The molecule has 166 valence electrons. The maximum absolute atomic E-state index is 9.66. The van der Waals surface area contributed by atoms with E-state index in [0.29, 0.717) is 11.1 Å². The van der Waals surface area contributed by atoms with Crippen LogP contribution >= 0.6 is 0 Å². The summed E-state index contributed by atoms with van der Waals surface area (Å²) in [6.45, 7) is 0. The Morgan fingerprint density at radius 1 is 0.583 bits per heavy atom. The highest BCUT2D eigenvalue weighted by Crippen LogP contribution is 2.38. The first-order valence-corrected chi connectivity index (χ1v) is 11.6. The summed E-state index contributed by atoms with van der Waals surface area (Å²) in [5, 5.41) is 22.7. The Labute approximate surface area is 206 Å². The van der Waals surface area contributed by atoms with Gasteiger partial charge in [0.2, 0.25) is 0 Å². The first-order chi connectivity index (χ1) is 17.8. The van der Waals surface area contributed by atoms with Crippen LogP contribution in [0.15, 0.2) is 103 Å². The highest BCUT2D eigenvalue weighted by Gasteiger charge is 2.20. The summed E-state index contributed by atoms with van der Waals surface area (Å²) in [6.07, 6.45) is 1.80. The lowest BCUT2D eigenvalue weighted by atomic mass is 10.1. The second-order valence-corrected chi connectivity index (χ2v) is 8.74. The third kappa shape index (κ3) is 2.72. The van der Waals surface area contributed by atoms with E-state index in [2.05, 4.69) is 88.0 Å². The van der Waals surface area contributed by atoms with Crippen molar-refractivity contribution in [2.24, 2.45) is 0 Å². The van der Waals surface area contributed by atoms with Crippen LogP contribution in [0.1, 0.15) is 11.1 Å². The van der Waals surface area contributed by atoms with Crippen molar-refractivity contribution in [1.29, 1.82) is 10.5 Å². The minimum absolute atomic E-state index is 0.442. The minimum atomic E-state index is 0.442. The van der Waals surface area contributed by atoms with Gasteiger partial charge in [-0.1, -0.05) is 48.5 Å². The molecule has 0 aliphatic carbocycles. The standard InChI is InChI=1S/C31H17N5/c32-18-20-15-21(19-33)17-22(16-20)35-28-13-6-14-34-30(28)25-9-5-12-29(31(25)35)36-26-10-3-1-7-23(26)24-8-2-4-11-27(24)36/h1-17H. The second-order valence-electron chi connectivity index (χ2n) is 8.74. The van der Waals surface area contributed by atoms with Crippen molar-refractivity contribution in [3.05, 3.63) is 114 Å². The molecule has 0 aliphatic rings. The lowest BCUT2D eigenvalue weighted by Crippen LogP contribution is -2.01. The van der Waals surface area contributed by atoms with Gasteiger partial charge in [-0.2, -0.15) is 10.5 Å². The maximum atomic E-state index is 9.66. The molecule has 0 amide bonds. The summed E-state index contributed by atoms with van der Waals surface area (Å²) < 4.78 is 4.42. The lowest BCUT2D eigenvalue weighted by molar-refractivity contribution is 1.13. The van der Waals surface area contributed by atoms with Crippen molar-refractivity contribution in [3.63, 3.8) is 0 Å². The van der Waals surface area contributed by atoms with Crippen molar-refractivity contribution in [2.75, 3.05) is 0 Å². The highest BCUT2D eigenvalue weighted by molar-refractivity contribution is 6.13. The summed E-state index contributed by atoms with van der Waals surface area (Å²) >= 11 is 0. The smallest absolute Gasteiger partial charge is 0.0992 e. The van der Waals surface area contributed by atoms with E-state index in [1.165, 1.54) is 10.8 Å². The van der Waals surface area contributed by atoms with Gasteiger partial charge in [-0.25, -0.2) is 0 Å². The average molecular weight is 460 g/mol. The molecule has 5 nitrogen and oxygen atoms in total. The van der Waals surface area contributed by atoms with Gasteiger partial charge >= 0.3 is 0 Å². The molecule has 0 saturated carbocycles. The molecule has 0 unspecified atom stereocenters. The Hall–Kier alpha value is -5.39. The first-order valence-electron chi connectivity index (χ1n) is 11.6. The first kappa shape index (κ1) is 20.0. The van der Waals surface area contributed by atoms with Crippen LogP contribution < -0.4 is 0 Å². The largest absolute Gasteiger partial charge is 0.307 e. The minimum Gasteiger partial charge on any atom is -0.307 e. The van der Waals surface area contributed by atoms with Gasteiger partial charge in [0, 0.05) is 28.0 Å². The highest BCUT2D eigenvalue weighted by atomic mass is 15.1. The Kier molecular flexibility index (Phi) is 4.21. The molecule has 4 aromatic carbocycles. The second kappa shape index (κ2) is 7.56. The zero-order chi connectivity index (χ0) is 24.2. The summed E-state index contributed by atoms with van der Waals surface area (Å²) in [4.78, 5) is 4.73. The van der Waals surface area contributed by atoms with Gasteiger partial charge < -0.3 is 9.13 Å². The van der Waals surface area contributed by atoms with E-state index in [4.69, 9.17) is 4.98 Å². The predicted molar refractivity (Wildman–Crippen MR) is 142 cm³/mol. The molecule has 0 bridgehead atoms. The fourth-order valence-electron chi connectivity index (χ4n) is 5.36. The molecule has 3 heterocycles. The molecule has 3 aromatic heterocycles. The van der Waals surface area contributed by atoms with Gasteiger partial charge in [0.1, 0.15) is 0 Å². The molecule has 5 heteroatoms.